The summed E-state index contributed by atoms with van der Waals surface area (Å²) in [6.45, 7) is 6.01. The van der Waals surface area contributed by atoms with Gasteiger partial charge in [0.05, 0.1) is 11.8 Å². The average molecular weight is 257 g/mol. The van der Waals surface area contributed by atoms with Gasteiger partial charge in [-0.1, -0.05) is 20.8 Å². The van der Waals surface area contributed by atoms with E-state index in [9.17, 15) is 9.59 Å². The monoisotopic (exact) mass is 257 g/mol. The van der Waals surface area contributed by atoms with Gasteiger partial charge in [-0.3, -0.25) is 9.59 Å². The minimum atomic E-state index is -0.888. The summed E-state index contributed by atoms with van der Waals surface area (Å²) < 4.78 is 0. The fourth-order valence-electron chi connectivity index (χ4n) is 2.37. The third kappa shape index (κ3) is 3.70. The topological polar surface area (TPSA) is 86.6 Å². The summed E-state index contributed by atoms with van der Waals surface area (Å²) in [5, 5.41) is 21.0. The number of aliphatic hydroxyl groups is 1. The molecule has 1 aliphatic rings. The lowest BCUT2D eigenvalue weighted by Gasteiger charge is -2.24. The fraction of sp³-hybridized carbons (Fsp3) is 0.846. The van der Waals surface area contributed by atoms with Crippen LogP contribution in [0.5, 0.6) is 0 Å². The number of carboxylic acids is 1. The molecule has 1 amide bonds. The Labute approximate surface area is 108 Å². The summed E-state index contributed by atoms with van der Waals surface area (Å²) in [7, 11) is 0. The van der Waals surface area contributed by atoms with Gasteiger partial charge in [0, 0.05) is 18.6 Å². The van der Waals surface area contributed by atoms with E-state index in [0.29, 0.717) is 19.4 Å². The Morgan fingerprint density at radius 2 is 1.83 bits per heavy atom. The van der Waals surface area contributed by atoms with Gasteiger partial charge < -0.3 is 15.5 Å². The molecule has 0 heterocycles. The van der Waals surface area contributed by atoms with E-state index < -0.39 is 17.8 Å². The molecule has 0 aliphatic heterocycles. The van der Waals surface area contributed by atoms with Crippen LogP contribution in [0.2, 0.25) is 0 Å². The zero-order valence-corrected chi connectivity index (χ0v) is 11.3. The number of carboxylic acid groups (broad SMARTS) is 1. The molecule has 5 heteroatoms. The van der Waals surface area contributed by atoms with E-state index in [1.807, 2.05) is 20.8 Å². The molecule has 0 radical (unpaired) electrons. The predicted octanol–water partition coefficient (Wildman–Crippen LogP) is 0.868. The molecule has 3 atom stereocenters. The van der Waals surface area contributed by atoms with E-state index in [-0.39, 0.29) is 23.8 Å². The van der Waals surface area contributed by atoms with Crippen molar-refractivity contribution < 1.29 is 19.8 Å². The summed E-state index contributed by atoms with van der Waals surface area (Å²) in [5.41, 5.74) is -0.376. The quantitative estimate of drug-likeness (QED) is 0.682. The lowest BCUT2D eigenvalue weighted by Crippen LogP contribution is -2.41. The number of aliphatic hydroxyl groups excluding tert-OH is 1. The molecule has 1 unspecified atom stereocenters. The highest BCUT2D eigenvalue weighted by molar-refractivity contribution is 5.85. The largest absolute Gasteiger partial charge is 0.481 e. The van der Waals surface area contributed by atoms with Crippen LogP contribution in [0.4, 0.5) is 0 Å². The van der Waals surface area contributed by atoms with Crippen LogP contribution in [-0.2, 0) is 9.59 Å². The third-order valence-corrected chi connectivity index (χ3v) is 3.62. The highest BCUT2D eigenvalue weighted by Crippen LogP contribution is 2.36. The highest BCUT2D eigenvalue weighted by Gasteiger charge is 2.41. The van der Waals surface area contributed by atoms with Crippen LogP contribution in [0.25, 0.3) is 0 Å². The Morgan fingerprint density at radius 3 is 2.33 bits per heavy atom. The molecule has 1 aliphatic carbocycles. The standard InChI is InChI=1S/C13H23NO4/c1-8-4-9(10(5-8)12(17)18)11(16)14-6-13(2,3)7-15/h8-10,15H,4-7H2,1-3H3,(H,14,16)(H,17,18)/t8?,9-,10+/m0/s1. The molecule has 1 rings (SSSR count). The van der Waals surface area contributed by atoms with E-state index in [0.717, 1.165) is 0 Å². The zero-order valence-electron chi connectivity index (χ0n) is 11.3. The number of carbonyl (C=O) groups excluding carboxylic acids is 1. The Morgan fingerprint density at radius 1 is 1.28 bits per heavy atom. The van der Waals surface area contributed by atoms with E-state index >= 15 is 0 Å². The van der Waals surface area contributed by atoms with Gasteiger partial charge >= 0.3 is 5.97 Å². The number of rotatable bonds is 5. The lowest BCUT2D eigenvalue weighted by atomic mass is 9.92. The van der Waals surface area contributed by atoms with Crippen LogP contribution in [0.3, 0.4) is 0 Å². The summed E-state index contributed by atoms with van der Waals surface area (Å²) in [4.78, 5) is 23.1. The smallest absolute Gasteiger partial charge is 0.307 e. The van der Waals surface area contributed by atoms with Gasteiger partial charge in [-0.05, 0) is 18.8 Å². The molecule has 104 valence electrons. The number of hydrogen-bond acceptors (Lipinski definition) is 3. The molecule has 0 spiro atoms. The van der Waals surface area contributed by atoms with Crippen LogP contribution >= 0.6 is 0 Å². The maximum absolute atomic E-state index is 12.0. The van der Waals surface area contributed by atoms with Crippen molar-refractivity contribution in [2.24, 2.45) is 23.2 Å². The zero-order chi connectivity index (χ0) is 13.9. The van der Waals surface area contributed by atoms with Crippen LogP contribution in [0, 0.1) is 23.2 Å². The van der Waals surface area contributed by atoms with E-state index in [4.69, 9.17) is 10.2 Å². The second-order valence-electron chi connectivity index (χ2n) is 6.17. The van der Waals surface area contributed by atoms with Crippen molar-refractivity contribution in [3.8, 4) is 0 Å². The second-order valence-corrected chi connectivity index (χ2v) is 6.17. The van der Waals surface area contributed by atoms with Crippen molar-refractivity contribution in [3.63, 3.8) is 0 Å². The minimum Gasteiger partial charge on any atom is -0.481 e. The first-order valence-corrected chi connectivity index (χ1v) is 6.38. The van der Waals surface area contributed by atoms with Gasteiger partial charge in [0.2, 0.25) is 5.91 Å². The first kappa shape index (κ1) is 15.0. The number of aliphatic carboxylic acids is 1. The molecular weight excluding hydrogens is 234 g/mol. The fourth-order valence-corrected chi connectivity index (χ4v) is 2.37. The van der Waals surface area contributed by atoms with E-state index in [1.54, 1.807) is 0 Å². The van der Waals surface area contributed by atoms with Crippen molar-refractivity contribution in [1.82, 2.24) is 5.32 Å². The van der Waals surface area contributed by atoms with Crippen molar-refractivity contribution in [3.05, 3.63) is 0 Å². The van der Waals surface area contributed by atoms with Crippen LogP contribution in [0.15, 0.2) is 0 Å². The van der Waals surface area contributed by atoms with Crippen molar-refractivity contribution in [2.45, 2.75) is 33.6 Å². The van der Waals surface area contributed by atoms with Gasteiger partial charge in [0.1, 0.15) is 0 Å². The van der Waals surface area contributed by atoms with E-state index in [2.05, 4.69) is 5.32 Å². The summed E-state index contributed by atoms with van der Waals surface area (Å²) >= 11 is 0. The van der Waals surface area contributed by atoms with Crippen molar-refractivity contribution in [2.75, 3.05) is 13.2 Å². The minimum absolute atomic E-state index is 0.0172. The molecule has 0 aromatic heterocycles. The molecular formula is C13H23NO4. The molecule has 5 nitrogen and oxygen atoms in total. The van der Waals surface area contributed by atoms with Gasteiger partial charge in [-0.25, -0.2) is 0 Å². The van der Waals surface area contributed by atoms with Crippen LogP contribution in [-0.4, -0.2) is 35.2 Å². The van der Waals surface area contributed by atoms with Gasteiger partial charge in [-0.15, -0.1) is 0 Å². The number of carbonyl (C=O) groups is 2. The summed E-state index contributed by atoms with van der Waals surface area (Å²) in [6, 6.07) is 0. The maximum Gasteiger partial charge on any atom is 0.307 e. The van der Waals surface area contributed by atoms with Gasteiger partial charge in [0.25, 0.3) is 0 Å². The molecule has 0 aromatic rings. The van der Waals surface area contributed by atoms with Gasteiger partial charge in [-0.2, -0.15) is 0 Å². The maximum atomic E-state index is 12.0. The predicted molar refractivity (Wildman–Crippen MR) is 66.9 cm³/mol. The molecule has 0 saturated heterocycles. The van der Waals surface area contributed by atoms with Crippen LogP contribution in [0.1, 0.15) is 33.6 Å². The lowest BCUT2D eigenvalue weighted by molar-refractivity contribution is -0.146. The molecule has 1 fully saturated rings. The Kier molecular flexibility index (Phi) is 4.73. The summed E-state index contributed by atoms with van der Waals surface area (Å²) in [5.74, 6) is -1.83. The highest BCUT2D eigenvalue weighted by atomic mass is 16.4. The molecule has 18 heavy (non-hydrogen) atoms. The van der Waals surface area contributed by atoms with Crippen molar-refractivity contribution >= 4 is 11.9 Å². The molecule has 0 aromatic carbocycles. The number of amides is 1. The molecule has 0 bridgehead atoms. The van der Waals surface area contributed by atoms with Crippen LogP contribution < -0.4 is 5.32 Å². The first-order chi connectivity index (χ1) is 8.26. The molecule has 1 saturated carbocycles. The summed E-state index contributed by atoms with van der Waals surface area (Å²) in [6.07, 6.45) is 1.19. The number of hydrogen-bond donors (Lipinski definition) is 3. The second kappa shape index (κ2) is 5.69. The SMILES string of the molecule is CC1C[C@H](C(=O)NCC(C)(C)CO)[C@H](C(=O)O)C1. The first-order valence-electron chi connectivity index (χ1n) is 6.38. The third-order valence-electron chi connectivity index (χ3n) is 3.62. The van der Waals surface area contributed by atoms with E-state index in [1.165, 1.54) is 0 Å². The molecule has 3 N–H and O–H groups in total. The van der Waals surface area contributed by atoms with Gasteiger partial charge in [0.15, 0.2) is 0 Å². The Bertz CT molecular complexity index is 327. The normalized spacial score (nSPS) is 28.1. The Balaban J connectivity index is 2.58. The average Bonchev–Trinajstić information content (AvgIpc) is 2.68. The van der Waals surface area contributed by atoms with Crippen molar-refractivity contribution in [1.29, 1.82) is 0 Å². The number of nitrogens with one attached hydrogen (secondary N) is 1. The Hall–Kier alpha value is -1.10.